The first-order valence-electron chi connectivity index (χ1n) is 6.96. The summed E-state index contributed by atoms with van der Waals surface area (Å²) in [6.45, 7) is 1.37. The normalized spacial score (nSPS) is 39.7. The van der Waals surface area contributed by atoms with Crippen LogP contribution >= 0.6 is 0 Å². The summed E-state index contributed by atoms with van der Waals surface area (Å²) in [6, 6.07) is 0. The highest BCUT2D eigenvalue weighted by Crippen LogP contribution is 2.31. The van der Waals surface area contributed by atoms with Crippen molar-refractivity contribution in [3.8, 4) is 0 Å². The summed E-state index contributed by atoms with van der Waals surface area (Å²) in [5.41, 5.74) is 1.44. The van der Waals surface area contributed by atoms with Crippen molar-refractivity contribution in [1.29, 1.82) is 0 Å². The van der Waals surface area contributed by atoms with Crippen LogP contribution in [-0.4, -0.2) is 44.9 Å². The maximum atomic E-state index is 6.03. The zero-order valence-corrected chi connectivity index (χ0v) is 11.0. The van der Waals surface area contributed by atoms with Gasteiger partial charge in [0.2, 0.25) is 0 Å². The molecule has 0 spiro atoms. The van der Waals surface area contributed by atoms with E-state index in [0.29, 0.717) is 6.61 Å². The molecule has 1 aliphatic carbocycles. The second kappa shape index (κ2) is 5.70. The molecule has 2 fully saturated rings. The lowest BCUT2D eigenvalue weighted by Crippen LogP contribution is -2.44. The average Bonchev–Trinajstić information content (AvgIpc) is 2.84. The first kappa shape index (κ1) is 12.6. The van der Waals surface area contributed by atoms with Crippen LogP contribution in [0.25, 0.3) is 0 Å². The van der Waals surface area contributed by atoms with Crippen molar-refractivity contribution in [2.24, 2.45) is 0 Å². The first-order valence-corrected chi connectivity index (χ1v) is 6.96. The Balaban J connectivity index is 1.54. The molecule has 0 aromatic heterocycles. The fraction of sp³-hybridized carbons (Fsp3) is 0.857. The van der Waals surface area contributed by atoms with Gasteiger partial charge < -0.3 is 18.9 Å². The fourth-order valence-corrected chi connectivity index (χ4v) is 2.95. The van der Waals surface area contributed by atoms with Gasteiger partial charge in [0.15, 0.2) is 6.29 Å². The maximum Gasteiger partial charge on any atom is 0.184 e. The van der Waals surface area contributed by atoms with Gasteiger partial charge >= 0.3 is 0 Å². The van der Waals surface area contributed by atoms with E-state index < -0.39 is 0 Å². The molecule has 0 aromatic rings. The molecule has 0 amide bonds. The van der Waals surface area contributed by atoms with Gasteiger partial charge in [0.05, 0.1) is 19.3 Å². The summed E-state index contributed by atoms with van der Waals surface area (Å²) < 4.78 is 22.8. The summed E-state index contributed by atoms with van der Waals surface area (Å²) in [7, 11) is 1.71. The largest absolute Gasteiger partial charge is 0.376 e. The Morgan fingerprint density at radius 2 is 2.28 bits per heavy atom. The number of fused-ring (bicyclic) bond motifs is 2. The Kier molecular flexibility index (Phi) is 3.99. The molecule has 2 aliphatic heterocycles. The molecule has 0 saturated carbocycles. The molecule has 3 aliphatic rings. The highest BCUT2D eigenvalue weighted by molar-refractivity contribution is 5.05. The van der Waals surface area contributed by atoms with Crippen LogP contribution in [0.5, 0.6) is 0 Å². The van der Waals surface area contributed by atoms with Crippen LogP contribution in [0.15, 0.2) is 11.6 Å². The topological polar surface area (TPSA) is 36.9 Å². The van der Waals surface area contributed by atoms with E-state index in [9.17, 15) is 0 Å². The molecule has 2 bridgehead atoms. The Hall–Kier alpha value is -0.420. The lowest BCUT2D eigenvalue weighted by atomic mass is 10.00. The summed E-state index contributed by atoms with van der Waals surface area (Å²) in [5, 5.41) is 0. The van der Waals surface area contributed by atoms with Gasteiger partial charge in [-0.1, -0.05) is 6.08 Å². The number of rotatable bonds is 4. The van der Waals surface area contributed by atoms with E-state index in [1.807, 2.05) is 0 Å². The molecule has 102 valence electrons. The Morgan fingerprint density at radius 1 is 1.33 bits per heavy atom. The standard InChI is InChI=1S/C14H22O4/c1-15-12-7-11(13-9-17-14(12)18-13)16-8-10-5-3-2-4-6-10/h5,11-14H,2-4,6-9H2,1H3/t11-,12+,13+,14+/m0/s1. The molecule has 0 unspecified atom stereocenters. The van der Waals surface area contributed by atoms with Crippen LogP contribution in [0.3, 0.4) is 0 Å². The molecule has 4 nitrogen and oxygen atoms in total. The van der Waals surface area contributed by atoms with Crippen molar-refractivity contribution in [2.45, 2.75) is 56.7 Å². The van der Waals surface area contributed by atoms with Crippen molar-refractivity contribution in [3.63, 3.8) is 0 Å². The third kappa shape index (κ3) is 2.62. The van der Waals surface area contributed by atoms with E-state index in [1.54, 1.807) is 7.11 Å². The Bertz CT molecular complexity index is 315. The van der Waals surface area contributed by atoms with Gasteiger partial charge in [-0.05, 0) is 31.3 Å². The quantitative estimate of drug-likeness (QED) is 0.719. The number of ether oxygens (including phenoxy) is 4. The SMILES string of the molecule is CO[C@@H]1C[C@H](OCC2=CCCCC2)[C@H]2CO[C@@H]1O2. The van der Waals surface area contributed by atoms with Gasteiger partial charge in [0.25, 0.3) is 0 Å². The smallest absolute Gasteiger partial charge is 0.184 e. The van der Waals surface area contributed by atoms with Crippen LogP contribution in [0.4, 0.5) is 0 Å². The summed E-state index contributed by atoms with van der Waals surface area (Å²) >= 11 is 0. The predicted octanol–water partition coefficient (Wildman–Crippen LogP) is 2.03. The van der Waals surface area contributed by atoms with Crippen molar-refractivity contribution in [3.05, 3.63) is 11.6 Å². The van der Waals surface area contributed by atoms with Crippen LogP contribution < -0.4 is 0 Å². The Morgan fingerprint density at radius 3 is 3.06 bits per heavy atom. The first-order chi connectivity index (χ1) is 8.86. The lowest BCUT2D eigenvalue weighted by Gasteiger charge is -2.33. The van der Waals surface area contributed by atoms with Crippen molar-refractivity contribution in [2.75, 3.05) is 20.3 Å². The zero-order valence-electron chi connectivity index (χ0n) is 11.0. The molecule has 0 N–H and O–H groups in total. The third-order valence-corrected chi connectivity index (χ3v) is 4.09. The minimum absolute atomic E-state index is 0.00841. The number of allylic oxidation sites excluding steroid dienone is 1. The minimum atomic E-state index is -0.186. The third-order valence-electron chi connectivity index (χ3n) is 4.09. The molecule has 4 heteroatoms. The van der Waals surface area contributed by atoms with Gasteiger partial charge in [-0.3, -0.25) is 0 Å². The van der Waals surface area contributed by atoms with Crippen molar-refractivity contribution < 1.29 is 18.9 Å². The summed E-state index contributed by atoms with van der Waals surface area (Å²) in [5.74, 6) is 0. The lowest BCUT2D eigenvalue weighted by molar-refractivity contribution is -0.197. The monoisotopic (exact) mass is 254 g/mol. The highest BCUT2D eigenvalue weighted by Gasteiger charge is 2.44. The molecule has 0 radical (unpaired) electrons. The number of hydrogen-bond acceptors (Lipinski definition) is 4. The van der Waals surface area contributed by atoms with Gasteiger partial charge in [0.1, 0.15) is 12.2 Å². The van der Waals surface area contributed by atoms with Gasteiger partial charge in [-0.15, -0.1) is 0 Å². The summed E-state index contributed by atoms with van der Waals surface area (Å²) in [6.07, 6.45) is 8.23. The predicted molar refractivity (Wildman–Crippen MR) is 66.3 cm³/mol. The molecule has 4 atom stereocenters. The molecule has 18 heavy (non-hydrogen) atoms. The molecule has 0 aromatic carbocycles. The van der Waals surface area contributed by atoms with Crippen LogP contribution in [0.1, 0.15) is 32.1 Å². The maximum absolute atomic E-state index is 6.03. The van der Waals surface area contributed by atoms with Gasteiger partial charge in [0, 0.05) is 13.5 Å². The minimum Gasteiger partial charge on any atom is -0.376 e. The van der Waals surface area contributed by atoms with Crippen LogP contribution in [0.2, 0.25) is 0 Å². The molecule has 3 rings (SSSR count). The zero-order chi connectivity index (χ0) is 12.4. The van der Waals surface area contributed by atoms with E-state index in [1.165, 1.54) is 31.3 Å². The van der Waals surface area contributed by atoms with E-state index in [0.717, 1.165) is 13.0 Å². The second-order valence-electron chi connectivity index (χ2n) is 5.34. The molecule has 2 heterocycles. The van der Waals surface area contributed by atoms with Crippen LogP contribution in [-0.2, 0) is 18.9 Å². The number of methoxy groups -OCH3 is 1. The van der Waals surface area contributed by atoms with E-state index in [2.05, 4.69) is 6.08 Å². The second-order valence-corrected chi connectivity index (χ2v) is 5.34. The number of hydrogen-bond donors (Lipinski definition) is 0. The highest BCUT2D eigenvalue weighted by atomic mass is 16.7. The van der Waals surface area contributed by atoms with E-state index >= 15 is 0 Å². The van der Waals surface area contributed by atoms with Gasteiger partial charge in [-0.2, -0.15) is 0 Å². The molecular formula is C14H22O4. The van der Waals surface area contributed by atoms with Gasteiger partial charge in [-0.25, -0.2) is 0 Å². The Labute approximate surface area is 108 Å². The summed E-state index contributed by atoms with van der Waals surface area (Å²) in [4.78, 5) is 0. The van der Waals surface area contributed by atoms with E-state index in [-0.39, 0.29) is 24.6 Å². The van der Waals surface area contributed by atoms with Crippen molar-refractivity contribution >= 4 is 0 Å². The average molecular weight is 254 g/mol. The molecule has 2 saturated heterocycles. The van der Waals surface area contributed by atoms with Crippen molar-refractivity contribution in [1.82, 2.24) is 0 Å². The van der Waals surface area contributed by atoms with Crippen LogP contribution in [0, 0.1) is 0 Å². The fourth-order valence-electron chi connectivity index (χ4n) is 2.95. The van der Waals surface area contributed by atoms with E-state index in [4.69, 9.17) is 18.9 Å². The molecular weight excluding hydrogens is 232 g/mol.